The maximum Gasteiger partial charge on any atom is 0.313 e. The van der Waals surface area contributed by atoms with Crippen LogP contribution in [0.3, 0.4) is 0 Å². The Morgan fingerprint density at radius 1 is 1.53 bits per heavy atom. The van der Waals surface area contributed by atoms with Crippen molar-refractivity contribution >= 4 is 17.7 Å². The first-order chi connectivity index (χ1) is 8.08. The van der Waals surface area contributed by atoms with E-state index in [-0.39, 0.29) is 12.4 Å². The number of carboxylic acids is 1. The first-order valence-corrected chi connectivity index (χ1v) is 6.44. The van der Waals surface area contributed by atoms with Gasteiger partial charge in [0, 0.05) is 6.54 Å². The first kappa shape index (κ1) is 14.0. The van der Waals surface area contributed by atoms with Gasteiger partial charge in [0.15, 0.2) is 11.0 Å². The Morgan fingerprint density at radius 3 is 2.76 bits per heavy atom. The van der Waals surface area contributed by atoms with Gasteiger partial charge in [-0.05, 0) is 5.92 Å². The molecule has 96 valence electrons. The number of aliphatic carboxylic acids is 1. The average Bonchev–Trinajstić information content (AvgIpc) is 2.68. The normalized spacial score (nSPS) is 12.6. The van der Waals surface area contributed by atoms with E-state index in [1.165, 1.54) is 0 Å². The Morgan fingerprint density at radius 2 is 2.24 bits per heavy atom. The largest absolute Gasteiger partial charge is 0.481 e. The standard InChI is InChI=1S/C10H17N3O3S/c1-3-7(2)4-13-8(5-14)11-12-10(13)17-6-9(15)16/h7,14H,3-6H2,1-2H3,(H,15,16). The molecule has 2 N–H and O–H groups in total. The zero-order valence-corrected chi connectivity index (χ0v) is 10.8. The van der Waals surface area contributed by atoms with Crippen LogP contribution in [0, 0.1) is 5.92 Å². The van der Waals surface area contributed by atoms with E-state index < -0.39 is 5.97 Å². The molecule has 7 heteroatoms. The van der Waals surface area contributed by atoms with Crippen LogP contribution in [0.5, 0.6) is 0 Å². The van der Waals surface area contributed by atoms with Crippen molar-refractivity contribution in [2.24, 2.45) is 5.92 Å². The van der Waals surface area contributed by atoms with Crippen molar-refractivity contribution in [3.63, 3.8) is 0 Å². The lowest BCUT2D eigenvalue weighted by molar-refractivity contribution is -0.133. The van der Waals surface area contributed by atoms with E-state index in [0.29, 0.717) is 23.4 Å². The lowest BCUT2D eigenvalue weighted by Crippen LogP contribution is -2.12. The van der Waals surface area contributed by atoms with E-state index in [1.807, 2.05) is 0 Å². The smallest absolute Gasteiger partial charge is 0.313 e. The van der Waals surface area contributed by atoms with Crippen LogP contribution >= 0.6 is 11.8 Å². The molecular formula is C10H17N3O3S. The van der Waals surface area contributed by atoms with Gasteiger partial charge in [-0.15, -0.1) is 10.2 Å². The fraction of sp³-hybridized carbons (Fsp3) is 0.700. The molecule has 0 bridgehead atoms. The van der Waals surface area contributed by atoms with E-state index in [4.69, 9.17) is 10.2 Å². The number of carbonyl (C=O) groups is 1. The third kappa shape index (κ3) is 4.01. The molecule has 1 aromatic heterocycles. The number of hydrogen-bond acceptors (Lipinski definition) is 5. The van der Waals surface area contributed by atoms with Crippen LogP contribution in [0.1, 0.15) is 26.1 Å². The summed E-state index contributed by atoms with van der Waals surface area (Å²) < 4.78 is 1.79. The topological polar surface area (TPSA) is 88.2 Å². The molecule has 0 spiro atoms. The van der Waals surface area contributed by atoms with E-state index in [1.54, 1.807) is 4.57 Å². The number of carboxylic acid groups (broad SMARTS) is 1. The van der Waals surface area contributed by atoms with Crippen LogP contribution in [0.4, 0.5) is 0 Å². The minimum Gasteiger partial charge on any atom is -0.481 e. The highest BCUT2D eigenvalue weighted by molar-refractivity contribution is 7.99. The quantitative estimate of drug-likeness (QED) is 0.710. The molecule has 1 aromatic rings. The molecule has 1 rings (SSSR count). The third-order valence-corrected chi connectivity index (χ3v) is 3.40. The van der Waals surface area contributed by atoms with Crippen LogP contribution in [-0.4, -0.2) is 36.7 Å². The summed E-state index contributed by atoms with van der Waals surface area (Å²) in [5.74, 6) is -0.0262. The molecule has 17 heavy (non-hydrogen) atoms. The van der Waals surface area contributed by atoms with E-state index in [9.17, 15) is 4.79 Å². The molecular weight excluding hydrogens is 242 g/mol. The summed E-state index contributed by atoms with van der Waals surface area (Å²) in [5, 5.41) is 26.1. The fourth-order valence-corrected chi connectivity index (χ4v) is 1.98. The average molecular weight is 259 g/mol. The van der Waals surface area contributed by atoms with Gasteiger partial charge in [-0.1, -0.05) is 32.0 Å². The first-order valence-electron chi connectivity index (χ1n) is 5.46. The zero-order valence-electron chi connectivity index (χ0n) is 9.96. The summed E-state index contributed by atoms with van der Waals surface area (Å²) in [5.41, 5.74) is 0. The fourth-order valence-electron chi connectivity index (χ4n) is 1.29. The Hall–Kier alpha value is -1.08. The van der Waals surface area contributed by atoms with Gasteiger partial charge in [-0.3, -0.25) is 4.79 Å². The van der Waals surface area contributed by atoms with Gasteiger partial charge in [0.1, 0.15) is 6.61 Å². The van der Waals surface area contributed by atoms with E-state index >= 15 is 0 Å². The van der Waals surface area contributed by atoms with E-state index in [0.717, 1.165) is 18.2 Å². The summed E-state index contributed by atoms with van der Waals surface area (Å²) >= 11 is 1.12. The summed E-state index contributed by atoms with van der Waals surface area (Å²) in [6, 6.07) is 0. The molecule has 0 aliphatic carbocycles. The second-order valence-electron chi connectivity index (χ2n) is 3.86. The summed E-state index contributed by atoms with van der Waals surface area (Å²) in [6.07, 6.45) is 1.01. The second kappa shape index (κ2) is 6.61. The summed E-state index contributed by atoms with van der Waals surface area (Å²) in [6.45, 7) is 4.68. The van der Waals surface area contributed by atoms with Gasteiger partial charge in [0.25, 0.3) is 0 Å². The van der Waals surface area contributed by atoms with Crippen molar-refractivity contribution < 1.29 is 15.0 Å². The van der Waals surface area contributed by atoms with E-state index in [2.05, 4.69) is 24.0 Å². The Kier molecular flexibility index (Phi) is 5.43. The number of aliphatic hydroxyl groups excluding tert-OH is 1. The van der Waals surface area contributed by atoms with Crippen molar-refractivity contribution in [1.82, 2.24) is 14.8 Å². The molecule has 0 aliphatic rings. The zero-order chi connectivity index (χ0) is 12.8. The van der Waals surface area contributed by atoms with Crippen LogP contribution in [0.15, 0.2) is 5.16 Å². The monoisotopic (exact) mass is 259 g/mol. The number of aromatic nitrogens is 3. The number of aliphatic hydroxyl groups is 1. The van der Waals surface area contributed by atoms with Gasteiger partial charge >= 0.3 is 5.97 Å². The van der Waals surface area contributed by atoms with Crippen LogP contribution in [0.25, 0.3) is 0 Å². The molecule has 0 saturated carbocycles. The van der Waals surface area contributed by atoms with Crippen molar-refractivity contribution in [3.8, 4) is 0 Å². The van der Waals surface area contributed by atoms with Crippen molar-refractivity contribution in [2.75, 3.05) is 5.75 Å². The molecule has 0 aromatic carbocycles. The highest BCUT2D eigenvalue weighted by Gasteiger charge is 2.14. The van der Waals surface area contributed by atoms with Gasteiger partial charge < -0.3 is 14.8 Å². The Labute approximate surface area is 104 Å². The molecule has 0 saturated heterocycles. The maximum absolute atomic E-state index is 10.5. The minimum atomic E-state index is -0.890. The number of thioether (sulfide) groups is 1. The van der Waals surface area contributed by atoms with Crippen LogP contribution < -0.4 is 0 Å². The van der Waals surface area contributed by atoms with Crippen molar-refractivity contribution in [2.45, 2.75) is 38.6 Å². The third-order valence-electron chi connectivity index (χ3n) is 2.45. The molecule has 1 atom stereocenters. The van der Waals surface area contributed by atoms with Gasteiger partial charge in [0.2, 0.25) is 0 Å². The SMILES string of the molecule is CCC(C)Cn1c(CO)nnc1SCC(=O)O. The van der Waals surface area contributed by atoms with Crippen molar-refractivity contribution in [1.29, 1.82) is 0 Å². The van der Waals surface area contributed by atoms with Gasteiger partial charge in [-0.2, -0.15) is 0 Å². The van der Waals surface area contributed by atoms with Crippen LogP contribution in [-0.2, 0) is 17.9 Å². The molecule has 0 amide bonds. The Bertz CT molecular complexity index is 381. The molecule has 1 unspecified atom stereocenters. The Balaban J connectivity index is 2.81. The second-order valence-corrected chi connectivity index (χ2v) is 4.81. The number of hydrogen-bond donors (Lipinski definition) is 2. The molecule has 0 fully saturated rings. The molecule has 6 nitrogen and oxygen atoms in total. The predicted molar refractivity (Wildman–Crippen MR) is 63.8 cm³/mol. The lowest BCUT2D eigenvalue weighted by atomic mass is 10.1. The highest BCUT2D eigenvalue weighted by atomic mass is 32.2. The maximum atomic E-state index is 10.5. The molecule has 0 radical (unpaired) electrons. The summed E-state index contributed by atoms with van der Waals surface area (Å²) in [7, 11) is 0. The lowest BCUT2D eigenvalue weighted by Gasteiger charge is -2.12. The highest BCUT2D eigenvalue weighted by Crippen LogP contribution is 2.19. The number of nitrogens with zero attached hydrogens (tertiary/aromatic N) is 3. The minimum absolute atomic E-state index is 0.0515. The molecule has 1 heterocycles. The number of rotatable bonds is 7. The molecule has 0 aliphatic heterocycles. The van der Waals surface area contributed by atoms with Crippen molar-refractivity contribution in [3.05, 3.63) is 5.82 Å². The van der Waals surface area contributed by atoms with Gasteiger partial charge in [-0.25, -0.2) is 0 Å². The predicted octanol–water partition coefficient (Wildman–Crippen LogP) is 0.993. The van der Waals surface area contributed by atoms with Gasteiger partial charge in [0.05, 0.1) is 5.75 Å². The summed E-state index contributed by atoms with van der Waals surface area (Å²) in [4.78, 5) is 10.5. The van der Waals surface area contributed by atoms with Crippen LogP contribution in [0.2, 0.25) is 0 Å².